The molecule has 4 heteroatoms. The van der Waals surface area contributed by atoms with Gasteiger partial charge in [0.2, 0.25) is 0 Å². The van der Waals surface area contributed by atoms with Gasteiger partial charge < -0.3 is 0 Å². The molecule has 152 valence electrons. The molecule has 0 radical (unpaired) electrons. The number of aryl methyl sites for hydroxylation is 2. The number of halogens is 2. The first-order valence-corrected chi connectivity index (χ1v) is 31.3. The normalized spacial score (nSPS) is 20.8. The molecule has 29 heavy (non-hydrogen) atoms. The Hall–Kier alpha value is -0.413. The Kier molecular flexibility index (Phi) is 5.73. The summed E-state index contributed by atoms with van der Waals surface area (Å²) in [5, 5.41) is 0. The predicted octanol–water partition coefficient (Wildman–Crippen LogP) is 8.10. The Bertz CT molecular complexity index is 1050. The summed E-state index contributed by atoms with van der Waals surface area (Å²) >= 11 is -4.51. The van der Waals surface area contributed by atoms with E-state index in [1.54, 1.807) is 0 Å². The van der Waals surface area contributed by atoms with E-state index in [-0.39, 0.29) is 13.6 Å². The van der Waals surface area contributed by atoms with Gasteiger partial charge in [-0.3, -0.25) is 0 Å². The molecule has 2 aliphatic rings. The number of rotatable bonds is 4. The van der Waals surface area contributed by atoms with E-state index < -0.39 is 14.8 Å². The van der Waals surface area contributed by atoms with Crippen LogP contribution in [-0.2, 0) is 14.8 Å². The van der Waals surface area contributed by atoms with Crippen molar-refractivity contribution in [3.8, 4) is 0 Å². The first kappa shape index (κ1) is 21.8. The fraction of sp³-hybridized carbons (Fsp3) is 0.360. The van der Waals surface area contributed by atoms with Gasteiger partial charge in [0.05, 0.1) is 0 Å². The van der Waals surface area contributed by atoms with Crippen LogP contribution in [0.1, 0.15) is 67.9 Å². The van der Waals surface area contributed by atoms with Crippen molar-refractivity contribution >= 4 is 35.5 Å². The van der Waals surface area contributed by atoms with Crippen LogP contribution in [-0.4, -0.2) is 6.22 Å². The van der Waals surface area contributed by atoms with Gasteiger partial charge in [0.25, 0.3) is 0 Å². The molecule has 0 nitrogen and oxygen atoms in total. The van der Waals surface area contributed by atoms with Crippen molar-refractivity contribution in [2.24, 2.45) is 0 Å². The standard InChI is InChI=1S/2C11H11.C3H8Si.2ClH.Hf/c2*1-8-6-10-5-3-4-9(2)11(10)7-8;1-2-3-4;;;/h2*3-7H,1-2H3;4H,2-3H2,1H3;2*1H;/q;;;;;+2/p-2. The van der Waals surface area contributed by atoms with Crippen molar-refractivity contribution < 1.29 is 14.8 Å². The van der Waals surface area contributed by atoms with Crippen molar-refractivity contribution in [2.75, 3.05) is 0 Å². The Labute approximate surface area is 184 Å². The molecule has 2 aromatic carbocycles. The summed E-state index contributed by atoms with van der Waals surface area (Å²) in [7, 11) is 16.2. The zero-order valence-electron chi connectivity index (χ0n) is 18.0. The molecule has 4 rings (SSSR count). The van der Waals surface area contributed by atoms with Crippen molar-refractivity contribution in [3.05, 3.63) is 80.9 Å². The molecule has 0 aliphatic heterocycles. The summed E-state index contributed by atoms with van der Waals surface area (Å²) in [4.78, 5) is 0. The average molecular weight is 608 g/mol. The molecule has 0 bridgehead atoms. The Morgan fingerprint density at radius 2 is 1.24 bits per heavy atom. The van der Waals surface area contributed by atoms with Gasteiger partial charge in [-0.25, -0.2) is 0 Å². The summed E-state index contributed by atoms with van der Waals surface area (Å²) in [5.41, 5.74) is 10.9. The molecule has 2 atom stereocenters. The van der Waals surface area contributed by atoms with Crippen LogP contribution < -0.4 is 0 Å². The van der Waals surface area contributed by atoms with Crippen LogP contribution in [0.5, 0.6) is 0 Å². The molecule has 0 fully saturated rings. The molecule has 2 aliphatic carbocycles. The third-order valence-electron chi connectivity index (χ3n) is 6.92. The predicted molar refractivity (Wildman–Crippen MR) is 129 cm³/mol. The number of allylic oxidation sites excluding steroid dienone is 2. The van der Waals surface area contributed by atoms with Crippen molar-refractivity contribution in [1.82, 2.24) is 0 Å². The van der Waals surface area contributed by atoms with Crippen LogP contribution in [0.3, 0.4) is 0 Å². The summed E-state index contributed by atoms with van der Waals surface area (Å²) in [5.74, 6) is 0. The van der Waals surface area contributed by atoms with E-state index in [0.717, 1.165) is 6.42 Å². The molecule has 0 saturated carbocycles. The maximum atomic E-state index is 8.08. The summed E-state index contributed by atoms with van der Waals surface area (Å²) in [6.07, 6.45) is 5.91. The van der Waals surface area contributed by atoms with Crippen LogP contribution in [0, 0.1) is 13.8 Å². The Morgan fingerprint density at radius 3 is 1.66 bits per heavy atom. The second-order valence-electron chi connectivity index (χ2n) is 9.02. The molecule has 0 saturated heterocycles. The zero-order valence-corrected chi connectivity index (χ0v) is 24.3. The van der Waals surface area contributed by atoms with E-state index in [1.807, 2.05) is 0 Å². The van der Waals surface area contributed by atoms with Crippen molar-refractivity contribution in [3.63, 3.8) is 0 Å². The minimum absolute atomic E-state index is 0.0152. The fourth-order valence-corrected chi connectivity index (χ4v) is 57.4. The van der Waals surface area contributed by atoms with Crippen molar-refractivity contribution in [1.29, 1.82) is 0 Å². The monoisotopic (exact) mass is 608 g/mol. The van der Waals surface area contributed by atoms with Crippen LogP contribution in [0.15, 0.2) is 47.5 Å². The summed E-state index contributed by atoms with van der Waals surface area (Å²) in [6.45, 7) is 11.2. The van der Waals surface area contributed by atoms with Gasteiger partial charge in [-0.15, -0.1) is 0 Å². The molecule has 0 amide bonds. The third kappa shape index (κ3) is 3.34. The zero-order chi connectivity index (χ0) is 21.0. The van der Waals surface area contributed by atoms with Gasteiger partial charge in [-0.2, -0.15) is 0 Å². The fourth-order valence-electron chi connectivity index (χ4n) is 5.70. The number of fused-ring (bicyclic) bond motifs is 2. The van der Waals surface area contributed by atoms with Gasteiger partial charge in [0, 0.05) is 0 Å². The molecule has 0 heterocycles. The van der Waals surface area contributed by atoms with E-state index in [4.69, 9.17) is 17.2 Å². The number of hydrogen-bond donors (Lipinski definition) is 0. The molecule has 0 aromatic heterocycles. The topological polar surface area (TPSA) is 0 Å². The van der Waals surface area contributed by atoms with E-state index in [1.165, 1.54) is 50.6 Å². The summed E-state index contributed by atoms with van der Waals surface area (Å²) in [6, 6.07) is 14.5. The van der Waals surface area contributed by atoms with Gasteiger partial charge in [-0.1, -0.05) is 0 Å². The van der Waals surface area contributed by atoms with Crippen LogP contribution in [0.25, 0.3) is 12.2 Å². The SMILES string of the molecule is CCC[SiH]=[Hf]([Cl])([Cl])([CH]1C(C)=Cc2c(C)cccc21)[CH]1C(C)=Cc2c(C)cccc21. The summed E-state index contributed by atoms with van der Waals surface area (Å²) < 4.78 is 0.457. The number of hydrogen-bond acceptors (Lipinski definition) is 0. The van der Waals surface area contributed by atoms with Gasteiger partial charge in [0.15, 0.2) is 0 Å². The second kappa shape index (κ2) is 7.62. The third-order valence-corrected chi connectivity index (χ3v) is 53.7. The Balaban J connectivity index is 2.03. The first-order valence-electron chi connectivity index (χ1n) is 10.7. The quantitative estimate of drug-likeness (QED) is 0.308. The molecule has 0 spiro atoms. The van der Waals surface area contributed by atoms with E-state index >= 15 is 0 Å². The van der Waals surface area contributed by atoms with Gasteiger partial charge in [-0.05, 0) is 0 Å². The minimum atomic E-state index is -4.51. The van der Waals surface area contributed by atoms with Crippen LogP contribution >= 0.6 is 17.2 Å². The maximum absolute atomic E-state index is 8.08. The van der Waals surface area contributed by atoms with Crippen molar-refractivity contribution in [2.45, 2.75) is 54.4 Å². The molecule has 2 unspecified atom stereocenters. The van der Waals surface area contributed by atoms with E-state index in [0.29, 0.717) is 0 Å². The van der Waals surface area contributed by atoms with Crippen LogP contribution in [0.2, 0.25) is 6.04 Å². The van der Waals surface area contributed by atoms with E-state index in [2.05, 4.69) is 83.2 Å². The first-order chi connectivity index (χ1) is 13.7. The number of benzene rings is 2. The van der Waals surface area contributed by atoms with Gasteiger partial charge in [0.1, 0.15) is 0 Å². The van der Waals surface area contributed by atoms with Gasteiger partial charge >= 0.3 is 186 Å². The Morgan fingerprint density at radius 1 is 0.793 bits per heavy atom. The molecular formula is C25H30Cl2HfSi. The molecular weight excluding hydrogens is 578 g/mol. The second-order valence-corrected chi connectivity index (χ2v) is 58.9. The van der Waals surface area contributed by atoms with Crippen LogP contribution in [0.4, 0.5) is 0 Å². The molecule has 2 aromatic rings. The molecule has 0 N–H and O–H groups in total. The van der Waals surface area contributed by atoms with E-state index in [9.17, 15) is 0 Å². The average Bonchev–Trinajstić information content (AvgIpc) is 3.19.